The van der Waals surface area contributed by atoms with E-state index in [2.05, 4.69) is 16.3 Å². The number of carbonyl (C=O) groups is 2. The summed E-state index contributed by atoms with van der Waals surface area (Å²) in [6, 6.07) is 15.0. The highest BCUT2D eigenvalue weighted by Gasteiger charge is 2.23. The predicted octanol–water partition coefficient (Wildman–Crippen LogP) is 3.20. The van der Waals surface area contributed by atoms with Crippen molar-refractivity contribution in [3.05, 3.63) is 65.3 Å². The maximum Gasteiger partial charge on any atom is 0.291 e. The summed E-state index contributed by atoms with van der Waals surface area (Å²) in [5, 5.41) is 4.53. The molecule has 0 radical (unpaired) electrons. The van der Waals surface area contributed by atoms with Gasteiger partial charge in [0.05, 0.1) is 13.7 Å². The van der Waals surface area contributed by atoms with Gasteiger partial charge in [0.25, 0.3) is 11.8 Å². The summed E-state index contributed by atoms with van der Waals surface area (Å²) in [4.78, 5) is 29.5. The lowest BCUT2D eigenvalue weighted by molar-refractivity contribution is -0.116. The van der Waals surface area contributed by atoms with Crippen molar-refractivity contribution in [2.24, 2.45) is 0 Å². The maximum absolute atomic E-state index is 13.0. The number of hydrogen-bond acceptors (Lipinski definition) is 6. The monoisotopic (exact) mass is 439 g/mol. The number of piperazine rings is 1. The van der Waals surface area contributed by atoms with E-state index in [1.54, 1.807) is 48.5 Å². The molecule has 0 spiro atoms. The van der Waals surface area contributed by atoms with E-state index in [0.717, 1.165) is 30.3 Å². The van der Waals surface area contributed by atoms with Crippen LogP contribution in [0.4, 0.5) is 11.4 Å². The average Bonchev–Trinajstić information content (AvgIpc) is 2.84. The first kappa shape index (κ1) is 21.1. The van der Waals surface area contributed by atoms with Gasteiger partial charge in [-0.05, 0) is 30.3 Å². The van der Waals surface area contributed by atoms with Crippen molar-refractivity contribution in [2.75, 3.05) is 55.9 Å². The van der Waals surface area contributed by atoms with Crippen molar-refractivity contribution in [1.29, 1.82) is 0 Å². The molecule has 0 atom stereocenters. The molecule has 8 heteroatoms. The van der Waals surface area contributed by atoms with Crippen molar-refractivity contribution in [1.82, 2.24) is 4.90 Å². The molecule has 1 N–H and O–H groups in total. The topological polar surface area (TPSA) is 71.1 Å². The Morgan fingerprint density at radius 1 is 1.06 bits per heavy atom. The van der Waals surface area contributed by atoms with Crippen LogP contribution in [0.2, 0.25) is 0 Å². The Morgan fingerprint density at radius 2 is 1.87 bits per heavy atom. The van der Waals surface area contributed by atoms with Gasteiger partial charge in [0.2, 0.25) is 0 Å². The number of nitrogens with zero attached hydrogens (tertiary/aromatic N) is 2. The van der Waals surface area contributed by atoms with E-state index in [-0.39, 0.29) is 11.8 Å². The molecule has 1 fully saturated rings. The molecule has 0 unspecified atom stereocenters. The minimum atomic E-state index is -0.302. The number of carbonyl (C=O) groups excluding carboxylic acids is 2. The summed E-state index contributed by atoms with van der Waals surface area (Å²) < 4.78 is 10.7. The third-order valence-electron chi connectivity index (χ3n) is 5.23. The molecule has 2 aromatic carbocycles. The van der Waals surface area contributed by atoms with Crippen molar-refractivity contribution in [3.63, 3.8) is 0 Å². The number of rotatable bonds is 5. The van der Waals surface area contributed by atoms with Gasteiger partial charge in [-0.2, -0.15) is 0 Å². The van der Waals surface area contributed by atoms with E-state index in [1.165, 1.54) is 0 Å². The summed E-state index contributed by atoms with van der Waals surface area (Å²) >= 11 is 1.55. The highest BCUT2D eigenvalue weighted by atomic mass is 32.2. The molecule has 162 valence electrons. The number of methoxy groups -OCH3 is 1. The quantitative estimate of drug-likeness (QED) is 0.772. The van der Waals surface area contributed by atoms with Crippen LogP contribution >= 0.6 is 11.8 Å². The summed E-state index contributed by atoms with van der Waals surface area (Å²) in [5.41, 5.74) is 2.22. The molecule has 0 aliphatic carbocycles. The van der Waals surface area contributed by atoms with Crippen LogP contribution in [-0.4, -0.2) is 62.4 Å². The second kappa shape index (κ2) is 9.78. The van der Waals surface area contributed by atoms with Crippen molar-refractivity contribution in [3.8, 4) is 5.75 Å². The number of benzene rings is 2. The van der Waals surface area contributed by atoms with Gasteiger partial charge in [0.1, 0.15) is 5.75 Å². The van der Waals surface area contributed by atoms with Gasteiger partial charge in [-0.3, -0.25) is 9.59 Å². The summed E-state index contributed by atoms with van der Waals surface area (Å²) in [5.74, 6) is 1.63. The Labute approximate surface area is 186 Å². The molecule has 2 heterocycles. The van der Waals surface area contributed by atoms with Gasteiger partial charge in [0, 0.05) is 60.3 Å². The third kappa shape index (κ3) is 5.14. The van der Waals surface area contributed by atoms with Crippen LogP contribution in [0, 0.1) is 0 Å². The zero-order chi connectivity index (χ0) is 21.6. The molecule has 0 aromatic heterocycles. The molecule has 2 amide bonds. The van der Waals surface area contributed by atoms with E-state index >= 15 is 0 Å². The van der Waals surface area contributed by atoms with E-state index in [1.807, 2.05) is 23.1 Å². The van der Waals surface area contributed by atoms with E-state index in [4.69, 9.17) is 9.47 Å². The second-order valence-electron chi connectivity index (χ2n) is 7.22. The normalized spacial score (nSPS) is 16.2. The van der Waals surface area contributed by atoms with Gasteiger partial charge in [-0.1, -0.05) is 12.1 Å². The SMILES string of the molecule is COc1cccc(N2CCN(C(=O)c3cccc(NC(=O)C4=CSCCO4)c3)CC2)c1. The first-order valence-electron chi connectivity index (χ1n) is 10.2. The van der Waals surface area contributed by atoms with Crippen molar-refractivity contribution < 1.29 is 19.1 Å². The lowest BCUT2D eigenvalue weighted by Gasteiger charge is -2.36. The van der Waals surface area contributed by atoms with Gasteiger partial charge < -0.3 is 24.6 Å². The smallest absolute Gasteiger partial charge is 0.291 e. The third-order valence-corrected chi connectivity index (χ3v) is 6.01. The van der Waals surface area contributed by atoms with Crippen LogP contribution in [0.1, 0.15) is 10.4 Å². The van der Waals surface area contributed by atoms with Gasteiger partial charge >= 0.3 is 0 Å². The molecule has 1 saturated heterocycles. The molecule has 4 rings (SSSR count). The fraction of sp³-hybridized carbons (Fsp3) is 0.304. The van der Waals surface area contributed by atoms with Gasteiger partial charge in [-0.25, -0.2) is 0 Å². The Morgan fingerprint density at radius 3 is 2.61 bits per heavy atom. The van der Waals surface area contributed by atoms with Crippen molar-refractivity contribution >= 4 is 35.0 Å². The summed E-state index contributed by atoms with van der Waals surface area (Å²) in [7, 11) is 1.66. The first-order valence-corrected chi connectivity index (χ1v) is 11.2. The minimum Gasteiger partial charge on any atom is -0.497 e. The van der Waals surface area contributed by atoms with Gasteiger partial charge in [-0.15, -0.1) is 11.8 Å². The molecule has 31 heavy (non-hydrogen) atoms. The fourth-order valence-corrected chi connectivity index (χ4v) is 4.19. The molecule has 7 nitrogen and oxygen atoms in total. The Balaban J connectivity index is 1.37. The summed E-state index contributed by atoms with van der Waals surface area (Å²) in [6.07, 6.45) is 0. The van der Waals surface area contributed by atoms with E-state index in [9.17, 15) is 9.59 Å². The summed E-state index contributed by atoms with van der Waals surface area (Å²) in [6.45, 7) is 3.27. The lowest BCUT2D eigenvalue weighted by atomic mass is 10.1. The number of ether oxygens (including phenoxy) is 2. The van der Waals surface area contributed by atoms with E-state index < -0.39 is 0 Å². The minimum absolute atomic E-state index is 0.0370. The molecular formula is C23H25N3O4S. The highest BCUT2D eigenvalue weighted by molar-refractivity contribution is 8.02. The van der Waals surface area contributed by atoms with Crippen LogP contribution in [-0.2, 0) is 9.53 Å². The van der Waals surface area contributed by atoms with Crippen LogP contribution in [0.3, 0.4) is 0 Å². The largest absolute Gasteiger partial charge is 0.497 e. The van der Waals surface area contributed by atoms with Crippen LogP contribution in [0.25, 0.3) is 0 Å². The molecule has 0 bridgehead atoms. The molecule has 2 aliphatic rings. The maximum atomic E-state index is 13.0. The first-order chi connectivity index (χ1) is 15.1. The Hall–Kier alpha value is -3.13. The fourth-order valence-electron chi connectivity index (χ4n) is 3.57. The molecule has 0 saturated carbocycles. The second-order valence-corrected chi connectivity index (χ2v) is 8.19. The Kier molecular flexibility index (Phi) is 6.66. The van der Waals surface area contributed by atoms with Crippen molar-refractivity contribution in [2.45, 2.75) is 0 Å². The zero-order valence-electron chi connectivity index (χ0n) is 17.4. The number of amides is 2. The molecular weight excluding hydrogens is 414 g/mol. The number of thioether (sulfide) groups is 1. The predicted molar refractivity (Wildman–Crippen MR) is 123 cm³/mol. The standard InChI is InChI=1S/C23H25N3O4S/c1-29-20-7-3-6-19(15-20)25-8-10-26(11-9-25)23(28)17-4-2-5-18(14-17)24-22(27)21-16-31-13-12-30-21/h2-7,14-16H,8-13H2,1H3,(H,24,27). The van der Waals surface area contributed by atoms with Crippen LogP contribution in [0.15, 0.2) is 59.7 Å². The van der Waals surface area contributed by atoms with Gasteiger partial charge in [0.15, 0.2) is 5.76 Å². The van der Waals surface area contributed by atoms with Crippen LogP contribution in [0.5, 0.6) is 5.75 Å². The molecule has 2 aliphatic heterocycles. The molecule has 2 aromatic rings. The lowest BCUT2D eigenvalue weighted by Crippen LogP contribution is -2.48. The number of nitrogens with one attached hydrogen (secondary N) is 1. The number of anilines is 2. The number of hydrogen-bond donors (Lipinski definition) is 1. The highest BCUT2D eigenvalue weighted by Crippen LogP contribution is 2.23. The zero-order valence-corrected chi connectivity index (χ0v) is 18.2. The average molecular weight is 440 g/mol. The Bertz CT molecular complexity index is 986. The van der Waals surface area contributed by atoms with Crippen LogP contribution < -0.4 is 15.0 Å². The van der Waals surface area contributed by atoms with E-state index in [0.29, 0.717) is 36.7 Å².